The summed E-state index contributed by atoms with van der Waals surface area (Å²) in [5, 5.41) is 8.68. The first-order valence-electron chi connectivity index (χ1n) is 14.9. The minimum Gasteiger partial charge on any atom is -0.496 e. The number of piperidine rings is 1. The van der Waals surface area contributed by atoms with Crippen LogP contribution >= 0.6 is 11.3 Å². The summed E-state index contributed by atoms with van der Waals surface area (Å²) in [5.74, 6) is 1.66. The van der Waals surface area contributed by atoms with Crippen LogP contribution in [0.3, 0.4) is 0 Å². The quantitative estimate of drug-likeness (QED) is 0.220. The summed E-state index contributed by atoms with van der Waals surface area (Å²) >= 11 is 1.22. The molecule has 0 aliphatic carbocycles. The molecule has 0 bridgehead atoms. The summed E-state index contributed by atoms with van der Waals surface area (Å²) in [4.78, 5) is 48.1. The Bertz CT molecular complexity index is 1650. The molecule has 2 N–H and O–H groups in total. The minimum atomic E-state index is -0.245. The highest BCUT2D eigenvalue weighted by atomic mass is 32.1. The monoisotopic (exact) mass is 615 g/mol. The summed E-state index contributed by atoms with van der Waals surface area (Å²) in [6.45, 7) is 5.05. The topological polar surface area (TPSA) is 123 Å². The van der Waals surface area contributed by atoms with Gasteiger partial charge in [0.25, 0.3) is 5.91 Å². The molecule has 4 aromatic rings. The fourth-order valence-corrected chi connectivity index (χ4v) is 5.98. The van der Waals surface area contributed by atoms with Crippen LogP contribution in [-0.2, 0) is 22.4 Å². The predicted octanol–water partition coefficient (Wildman–Crippen LogP) is 5.76. The van der Waals surface area contributed by atoms with Gasteiger partial charge in [-0.1, -0.05) is 32.4 Å². The Labute approximate surface area is 260 Å². The van der Waals surface area contributed by atoms with Crippen molar-refractivity contribution in [3.8, 4) is 17.2 Å². The number of carbonyl (C=O) groups is 3. The first-order valence-corrected chi connectivity index (χ1v) is 15.8. The molecular weight excluding hydrogens is 578 g/mol. The van der Waals surface area contributed by atoms with Gasteiger partial charge in [0.1, 0.15) is 22.9 Å². The van der Waals surface area contributed by atoms with Crippen LogP contribution in [-0.4, -0.2) is 58.8 Å². The number of nitrogens with zero attached hydrogens (tertiary/aromatic N) is 3. The Morgan fingerprint density at radius 1 is 1.05 bits per heavy atom. The van der Waals surface area contributed by atoms with E-state index in [1.54, 1.807) is 23.6 Å². The number of methoxy groups -OCH3 is 1. The third-order valence-corrected chi connectivity index (χ3v) is 8.31. The van der Waals surface area contributed by atoms with E-state index >= 15 is 0 Å². The van der Waals surface area contributed by atoms with Crippen molar-refractivity contribution in [3.63, 3.8) is 0 Å². The zero-order valence-electron chi connectivity index (χ0n) is 25.2. The van der Waals surface area contributed by atoms with Crippen LogP contribution in [0.15, 0.2) is 54.0 Å². The van der Waals surface area contributed by atoms with Crippen molar-refractivity contribution >= 4 is 45.1 Å². The Hall–Kier alpha value is -4.51. The van der Waals surface area contributed by atoms with E-state index in [1.165, 1.54) is 11.3 Å². The molecule has 0 radical (unpaired) electrons. The second-order valence-corrected chi connectivity index (χ2v) is 11.6. The van der Waals surface area contributed by atoms with Gasteiger partial charge in [-0.05, 0) is 60.7 Å². The normalized spacial score (nSPS) is 13.5. The van der Waals surface area contributed by atoms with Gasteiger partial charge in [0.05, 0.1) is 19.0 Å². The van der Waals surface area contributed by atoms with E-state index in [-0.39, 0.29) is 30.2 Å². The number of nitrogens with one attached hydrogen (secondary N) is 2. The van der Waals surface area contributed by atoms with Gasteiger partial charge < -0.3 is 25.0 Å². The molecule has 0 saturated carbocycles. The van der Waals surface area contributed by atoms with Crippen LogP contribution in [0.5, 0.6) is 17.2 Å². The number of hydrogen-bond donors (Lipinski definition) is 2. The molecule has 0 unspecified atom stereocenters. The lowest BCUT2D eigenvalue weighted by atomic mass is 10.0. The van der Waals surface area contributed by atoms with E-state index in [1.807, 2.05) is 49.4 Å². The van der Waals surface area contributed by atoms with E-state index in [0.29, 0.717) is 54.7 Å². The average Bonchev–Trinajstić information content (AvgIpc) is 3.49. The van der Waals surface area contributed by atoms with Crippen molar-refractivity contribution in [1.29, 1.82) is 0 Å². The lowest BCUT2D eigenvalue weighted by Crippen LogP contribution is -2.46. The smallest absolute Gasteiger partial charge is 0.273 e. The van der Waals surface area contributed by atoms with Crippen LogP contribution in [0.2, 0.25) is 0 Å². The molecule has 5 rings (SSSR count). The van der Waals surface area contributed by atoms with E-state index in [2.05, 4.69) is 27.5 Å². The molecule has 1 aliphatic rings. The molecule has 2 aromatic carbocycles. The molecule has 3 heterocycles. The molecule has 11 heteroatoms. The fraction of sp³-hybridized carbons (Fsp3) is 0.364. The third-order valence-electron chi connectivity index (χ3n) is 7.55. The molecule has 2 aromatic heterocycles. The summed E-state index contributed by atoms with van der Waals surface area (Å²) in [7, 11) is 1.66. The molecule has 3 amide bonds. The van der Waals surface area contributed by atoms with Crippen molar-refractivity contribution in [2.75, 3.05) is 25.5 Å². The summed E-state index contributed by atoms with van der Waals surface area (Å²) in [6, 6.07) is 13.3. The van der Waals surface area contributed by atoms with Crippen LogP contribution in [0, 0.1) is 0 Å². The Morgan fingerprint density at radius 2 is 1.86 bits per heavy atom. The van der Waals surface area contributed by atoms with Gasteiger partial charge in [0, 0.05) is 42.5 Å². The summed E-state index contributed by atoms with van der Waals surface area (Å²) < 4.78 is 11.9. The van der Waals surface area contributed by atoms with E-state index in [0.717, 1.165) is 40.6 Å². The standard InChI is InChI=1S/C33H37N5O5S/c1-4-7-22-18-26-25(19-29(22)42-3)28(10-13-34-26)43-24-9-6-8-21(16-24)17-31(40)37-33-36-27(20-44-33)32(41)38-14-11-23(12-15-38)35-30(39)5-2/h6,8-10,13,16,18-20,23H,4-5,7,11-12,14-15,17H2,1-3H3,(H,35,39)(H,36,37,40). The number of rotatable bonds is 11. The number of aryl methyl sites for hydroxylation is 1. The van der Waals surface area contributed by atoms with Gasteiger partial charge in [0.2, 0.25) is 11.8 Å². The molecule has 0 spiro atoms. The maximum atomic E-state index is 13.0. The van der Waals surface area contributed by atoms with E-state index in [9.17, 15) is 14.4 Å². The lowest BCUT2D eigenvalue weighted by Gasteiger charge is -2.32. The number of pyridine rings is 1. The predicted molar refractivity (Wildman–Crippen MR) is 171 cm³/mol. The summed E-state index contributed by atoms with van der Waals surface area (Å²) in [5.41, 5.74) is 3.01. The van der Waals surface area contributed by atoms with Gasteiger partial charge >= 0.3 is 0 Å². The molecule has 10 nitrogen and oxygen atoms in total. The maximum absolute atomic E-state index is 13.0. The van der Waals surface area contributed by atoms with Crippen LogP contribution in [0.1, 0.15) is 61.1 Å². The van der Waals surface area contributed by atoms with Crippen molar-refractivity contribution in [1.82, 2.24) is 20.2 Å². The van der Waals surface area contributed by atoms with Gasteiger partial charge in [0.15, 0.2) is 5.13 Å². The minimum absolute atomic E-state index is 0.0261. The lowest BCUT2D eigenvalue weighted by molar-refractivity contribution is -0.121. The molecular formula is C33H37N5O5S. The average molecular weight is 616 g/mol. The molecule has 1 fully saturated rings. The molecule has 1 saturated heterocycles. The van der Waals surface area contributed by atoms with E-state index in [4.69, 9.17) is 9.47 Å². The van der Waals surface area contributed by atoms with Crippen molar-refractivity contribution in [2.45, 2.75) is 58.4 Å². The van der Waals surface area contributed by atoms with Crippen molar-refractivity contribution < 1.29 is 23.9 Å². The van der Waals surface area contributed by atoms with Crippen LogP contribution in [0.4, 0.5) is 5.13 Å². The second-order valence-electron chi connectivity index (χ2n) is 10.7. The Balaban J connectivity index is 1.19. The van der Waals surface area contributed by atoms with Crippen molar-refractivity contribution in [2.24, 2.45) is 0 Å². The second kappa shape index (κ2) is 14.3. The molecule has 0 atom stereocenters. The molecule has 1 aliphatic heterocycles. The first kappa shape index (κ1) is 30.9. The largest absolute Gasteiger partial charge is 0.496 e. The number of likely N-dealkylation sites (tertiary alicyclic amines) is 1. The van der Waals surface area contributed by atoms with Gasteiger partial charge in [-0.15, -0.1) is 11.3 Å². The number of ether oxygens (including phenoxy) is 2. The highest BCUT2D eigenvalue weighted by molar-refractivity contribution is 7.14. The van der Waals surface area contributed by atoms with Gasteiger partial charge in [-0.3, -0.25) is 19.4 Å². The molecule has 44 heavy (non-hydrogen) atoms. The zero-order chi connectivity index (χ0) is 31.1. The maximum Gasteiger partial charge on any atom is 0.273 e. The number of carbonyl (C=O) groups excluding carboxylic acids is 3. The van der Waals surface area contributed by atoms with Gasteiger partial charge in [-0.2, -0.15) is 0 Å². The number of thiazole rings is 1. The van der Waals surface area contributed by atoms with Gasteiger partial charge in [-0.25, -0.2) is 4.98 Å². The third kappa shape index (κ3) is 7.52. The highest BCUT2D eigenvalue weighted by Crippen LogP contribution is 2.34. The summed E-state index contributed by atoms with van der Waals surface area (Å²) in [6.07, 6.45) is 5.60. The number of hydrogen-bond acceptors (Lipinski definition) is 8. The van der Waals surface area contributed by atoms with Crippen LogP contribution in [0.25, 0.3) is 10.9 Å². The molecule has 230 valence electrons. The number of benzene rings is 2. The number of anilines is 1. The zero-order valence-corrected chi connectivity index (χ0v) is 26.0. The number of amides is 3. The number of aromatic nitrogens is 2. The highest BCUT2D eigenvalue weighted by Gasteiger charge is 2.26. The Kier molecular flexibility index (Phi) is 10.1. The van der Waals surface area contributed by atoms with Crippen molar-refractivity contribution in [3.05, 3.63) is 70.9 Å². The Morgan fingerprint density at radius 3 is 2.61 bits per heavy atom. The SMILES string of the molecule is CCCc1cc2nccc(Oc3cccc(CC(=O)Nc4nc(C(=O)N5CCC(NC(=O)CC)CC5)cs4)c3)c2cc1OC. The van der Waals surface area contributed by atoms with Crippen LogP contribution < -0.4 is 20.1 Å². The fourth-order valence-electron chi connectivity index (χ4n) is 5.28. The van der Waals surface area contributed by atoms with E-state index < -0.39 is 0 Å². The number of fused-ring (bicyclic) bond motifs is 1. The first-order chi connectivity index (χ1) is 21.4.